The highest BCUT2D eigenvalue weighted by atomic mass is 79.9. The molecule has 0 heterocycles. The van der Waals surface area contributed by atoms with Crippen molar-refractivity contribution in [1.29, 1.82) is 0 Å². The van der Waals surface area contributed by atoms with Crippen molar-refractivity contribution in [1.82, 2.24) is 0 Å². The van der Waals surface area contributed by atoms with Crippen molar-refractivity contribution < 1.29 is 9.53 Å². The number of hydrogen-bond acceptors (Lipinski definition) is 3. The Bertz CT molecular complexity index is 608. The summed E-state index contributed by atoms with van der Waals surface area (Å²) in [4.78, 5) is 11.0. The van der Waals surface area contributed by atoms with Gasteiger partial charge in [0.15, 0.2) is 0 Å². The maximum absolute atomic E-state index is 11.0. The van der Waals surface area contributed by atoms with Gasteiger partial charge in [-0.25, -0.2) is 4.79 Å². The monoisotopic (exact) mass is 305 g/mol. The minimum atomic E-state index is -0.385. The first-order valence-electron chi connectivity index (χ1n) is 5.40. The van der Waals surface area contributed by atoms with Crippen LogP contribution in [0.4, 0.5) is 5.69 Å². The number of esters is 1. The summed E-state index contributed by atoms with van der Waals surface area (Å²) < 4.78 is 5.56. The number of fused-ring (bicyclic) bond motifs is 1. The first kappa shape index (κ1) is 12.6. The van der Waals surface area contributed by atoms with Crippen LogP contribution in [0.5, 0.6) is 0 Å². The molecule has 2 aromatic rings. The molecule has 4 heteroatoms. The van der Waals surface area contributed by atoms with Gasteiger partial charge in [-0.2, -0.15) is 0 Å². The minimum absolute atomic E-state index is 0.385. The van der Waals surface area contributed by atoms with Gasteiger partial charge in [0.1, 0.15) is 0 Å². The molecule has 0 atom stereocenters. The molecule has 2 rings (SSSR count). The number of ether oxygens (including phenoxy) is 1. The van der Waals surface area contributed by atoms with Crippen LogP contribution in [0.1, 0.15) is 0 Å². The number of hydrogen-bond donors (Lipinski definition) is 1. The molecule has 0 spiro atoms. The van der Waals surface area contributed by atoms with Crippen molar-refractivity contribution in [2.24, 2.45) is 0 Å². The third-order valence-electron chi connectivity index (χ3n) is 2.53. The van der Waals surface area contributed by atoms with Gasteiger partial charge in [0.2, 0.25) is 0 Å². The smallest absolute Gasteiger partial charge is 0.331 e. The van der Waals surface area contributed by atoms with Crippen molar-refractivity contribution >= 4 is 38.4 Å². The van der Waals surface area contributed by atoms with E-state index in [9.17, 15) is 4.79 Å². The highest BCUT2D eigenvalue weighted by molar-refractivity contribution is 9.10. The van der Waals surface area contributed by atoms with Gasteiger partial charge in [0, 0.05) is 27.8 Å². The molecular formula is C14H12BrNO2. The van der Waals surface area contributed by atoms with Crippen LogP contribution in [0.2, 0.25) is 0 Å². The maximum atomic E-state index is 11.0. The Balaban J connectivity index is 2.32. The molecule has 0 bridgehead atoms. The number of nitrogens with one attached hydrogen (secondary N) is 1. The lowest BCUT2D eigenvalue weighted by atomic mass is 10.1. The van der Waals surface area contributed by atoms with Crippen molar-refractivity contribution in [2.45, 2.75) is 0 Å². The summed E-state index contributed by atoms with van der Waals surface area (Å²) in [7, 11) is 1.35. The summed E-state index contributed by atoms with van der Waals surface area (Å²) in [5, 5.41) is 5.28. The van der Waals surface area contributed by atoms with Crippen molar-refractivity contribution in [2.75, 3.05) is 12.4 Å². The predicted molar refractivity (Wildman–Crippen MR) is 76.4 cm³/mol. The van der Waals surface area contributed by atoms with Gasteiger partial charge in [-0.1, -0.05) is 40.2 Å². The van der Waals surface area contributed by atoms with Gasteiger partial charge in [0.05, 0.1) is 7.11 Å². The number of rotatable bonds is 3. The zero-order chi connectivity index (χ0) is 13.0. The van der Waals surface area contributed by atoms with Crippen LogP contribution in [-0.2, 0) is 9.53 Å². The topological polar surface area (TPSA) is 38.3 Å². The zero-order valence-corrected chi connectivity index (χ0v) is 11.4. The second kappa shape index (κ2) is 5.69. The Labute approximate surface area is 114 Å². The van der Waals surface area contributed by atoms with E-state index in [2.05, 4.69) is 26.0 Å². The first-order chi connectivity index (χ1) is 8.72. The summed E-state index contributed by atoms with van der Waals surface area (Å²) in [5.41, 5.74) is 0.939. The molecule has 0 aliphatic rings. The summed E-state index contributed by atoms with van der Waals surface area (Å²) in [6.45, 7) is 0. The number of halogens is 1. The molecule has 0 saturated heterocycles. The van der Waals surface area contributed by atoms with Gasteiger partial charge < -0.3 is 10.1 Å². The second-order valence-corrected chi connectivity index (χ2v) is 4.50. The molecule has 0 saturated carbocycles. The lowest BCUT2D eigenvalue weighted by molar-refractivity contribution is -0.134. The Morgan fingerprint density at radius 3 is 2.67 bits per heavy atom. The summed E-state index contributed by atoms with van der Waals surface area (Å²) in [6.07, 6.45) is 2.92. The van der Waals surface area contributed by atoms with Crippen molar-refractivity contribution in [3.05, 3.63) is 53.1 Å². The van der Waals surface area contributed by atoms with Crippen LogP contribution in [0.15, 0.2) is 53.1 Å². The minimum Gasteiger partial charge on any atom is -0.466 e. The molecular weight excluding hydrogens is 294 g/mol. The second-order valence-electron chi connectivity index (χ2n) is 3.64. The molecule has 0 fully saturated rings. The average Bonchev–Trinajstić information content (AvgIpc) is 2.41. The fourth-order valence-electron chi connectivity index (χ4n) is 1.66. The summed E-state index contributed by atoms with van der Waals surface area (Å²) in [5.74, 6) is -0.385. The van der Waals surface area contributed by atoms with Crippen LogP contribution in [0, 0.1) is 0 Å². The number of anilines is 1. The summed E-state index contributed by atoms with van der Waals surface area (Å²) in [6, 6.07) is 11.9. The molecule has 0 unspecified atom stereocenters. The highest BCUT2D eigenvalue weighted by Gasteiger charge is 2.02. The third kappa shape index (κ3) is 2.71. The quantitative estimate of drug-likeness (QED) is 0.694. The van der Waals surface area contributed by atoms with E-state index in [4.69, 9.17) is 0 Å². The highest BCUT2D eigenvalue weighted by Crippen LogP contribution is 2.29. The molecule has 0 radical (unpaired) electrons. The molecule has 18 heavy (non-hydrogen) atoms. The Morgan fingerprint density at radius 2 is 1.94 bits per heavy atom. The normalized spacial score (nSPS) is 10.8. The van der Waals surface area contributed by atoms with Crippen LogP contribution in [0.3, 0.4) is 0 Å². The van der Waals surface area contributed by atoms with Crippen molar-refractivity contribution in [3.8, 4) is 0 Å². The van der Waals surface area contributed by atoms with Gasteiger partial charge >= 0.3 is 5.97 Å². The largest absolute Gasteiger partial charge is 0.466 e. The van der Waals surface area contributed by atoms with Crippen LogP contribution in [-0.4, -0.2) is 13.1 Å². The molecule has 0 amide bonds. The molecule has 0 aromatic heterocycles. The van der Waals surface area contributed by atoms with E-state index in [0.717, 1.165) is 20.9 Å². The van der Waals surface area contributed by atoms with Gasteiger partial charge in [-0.15, -0.1) is 0 Å². The van der Waals surface area contributed by atoms with E-state index in [-0.39, 0.29) is 5.97 Å². The first-order valence-corrected chi connectivity index (χ1v) is 6.20. The van der Waals surface area contributed by atoms with Gasteiger partial charge in [-0.05, 0) is 17.5 Å². The Kier molecular flexibility index (Phi) is 3.99. The van der Waals surface area contributed by atoms with Crippen LogP contribution >= 0.6 is 15.9 Å². The van der Waals surface area contributed by atoms with E-state index in [0.29, 0.717) is 0 Å². The SMILES string of the molecule is COC(=O)/C=C/Nc1ccc(Br)c2ccccc12. The average molecular weight is 306 g/mol. The Morgan fingerprint density at radius 1 is 1.22 bits per heavy atom. The van der Waals surface area contributed by atoms with E-state index in [1.165, 1.54) is 13.2 Å². The predicted octanol–water partition coefficient (Wildman–Crippen LogP) is 3.70. The van der Waals surface area contributed by atoms with E-state index in [1.54, 1.807) is 6.20 Å². The molecule has 0 aliphatic heterocycles. The Hall–Kier alpha value is -1.81. The molecule has 2 aromatic carbocycles. The molecule has 1 N–H and O–H groups in total. The fourth-order valence-corrected chi connectivity index (χ4v) is 2.13. The number of benzene rings is 2. The van der Waals surface area contributed by atoms with Gasteiger partial charge in [-0.3, -0.25) is 0 Å². The molecule has 92 valence electrons. The fraction of sp³-hybridized carbons (Fsp3) is 0.0714. The zero-order valence-electron chi connectivity index (χ0n) is 9.81. The van der Waals surface area contributed by atoms with E-state index >= 15 is 0 Å². The van der Waals surface area contributed by atoms with Crippen molar-refractivity contribution in [3.63, 3.8) is 0 Å². The third-order valence-corrected chi connectivity index (χ3v) is 3.22. The maximum Gasteiger partial charge on any atom is 0.331 e. The lowest BCUT2D eigenvalue weighted by Gasteiger charge is -2.07. The van der Waals surface area contributed by atoms with E-state index < -0.39 is 0 Å². The molecule has 3 nitrogen and oxygen atoms in total. The summed E-state index contributed by atoms with van der Waals surface area (Å²) >= 11 is 3.51. The molecule has 0 aliphatic carbocycles. The lowest BCUT2D eigenvalue weighted by Crippen LogP contribution is -1.96. The van der Waals surface area contributed by atoms with Crippen LogP contribution < -0.4 is 5.32 Å². The van der Waals surface area contributed by atoms with Gasteiger partial charge in [0.25, 0.3) is 0 Å². The standard InChI is InChI=1S/C14H12BrNO2/c1-18-14(17)8-9-16-13-7-6-12(15)10-4-2-3-5-11(10)13/h2-9,16H,1H3/b9-8+. The number of carbonyl (C=O) groups excluding carboxylic acids is 1. The number of methoxy groups -OCH3 is 1. The number of carbonyl (C=O) groups is 1. The van der Waals surface area contributed by atoms with Crippen LogP contribution in [0.25, 0.3) is 10.8 Å². The van der Waals surface area contributed by atoms with E-state index in [1.807, 2.05) is 36.4 Å².